The van der Waals surface area contributed by atoms with Crippen LogP contribution in [0.4, 0.5) is 0 Å². The van der Waals surface area contributed by atoms with Gasteiger partial charge in [0.15, 0.2) is 0 Å². The van der Waals surface area contributed by atoms with E-state index >= 15 is 0 Å². The second-order valence-electron chi connectivity index (χ2n) is 7.37. The first-order valence-electron chi connectivity index (χ1n) is 7.83. The van der Waals surface area contributed by atoms with Crippen LogP contribution in [-0.4, -0.2) is 19.1 Å². The summed E-state index contributed by atoms with van der Waals surface area (Å²) in [6.07, 6.45) is 3.64. The summed E-state index contributed by atoms with van der Waals surface area (Å²) in [5.74, 6) is 1.55. The number of carbonyl (C=O) groups is 1. The fourth-order valence-electron chi connectivity index (χ4n) is 4.41. The Bertz CT molecular complexity index is 549. The molecular weight excluding hydrogens is 262 g/mol. The van der Waals surface area contributed by atoms with Gasteiger partial charge < -0.3 is 10.1 Å². The van der Waals surface area contributed by atoms with Crippen molar-refractivity contribution >= 4 is 5.91 Å². The Balaban J connectivity index is 1.74. The second-order valence-corrected chi connectivity index (χ2v) is 7.37. The molecule has 3 heteroatoms. The lowest BCUT2D eigenvalue weighted by atomic mass is 9.69. The van der Waals surface area contributed by atoms with Crippen LogP contribution < -0.4 is 10.1 Å². The van der Waals surface area contributed by atoms with Crippen molar-refractivity contribution in [2.75, 3.05) is 7.11 Å². The van der Waals surface area contributed by atoms with Crippen molar-refractivity contribution in [3.05, 3.63) is 29.8 Å². The molecule has 2 bridgehead atoms. The van der Waals surface area contributed by atoms with Gasteiger partial charge in [0.1, 0.15) is 5.75 Å². The van der Waals surface area contributed by atoms with E-state index in [2.05, 4.69) is 26.1 Å². The maximum atomic E-state index is 12.5. The Hall–Kier alpha value is -1.51. The number of amides is 1. The molecule has 2 fully saturated rings. The highest BCUT2D eigenvalue weighted by Crippen LogP contribution is 2.65. The Labute approximate surface area is 127 Å². The van der Waals surface area contributed by atoms with Crippen LogP contribution in [-0.2, 0) is 0 Å². The molecule has 0 aliphatic heterocycles. The molecule has 2 aliphatic rings. The van der Waals surface area contributed by atoms with Crippen molar-refractivity contribution < 1.29 is 9.53 Å². The standard InChI is InChI=1S/C18H25NO2/c1-17(2)13-9-10-18(17,3)15(11-13)19-16(20)12-5-7-14(21-4)8-6-12/h5-8,13,15H,9-11H2,1-4H3,(H,19,20)/t13-,15-,18-/m0/s1. The van der Waals surface area contributed by atoms with Gasteiger partial charge in [-0.3, -0.25) is 4.79 Å². The predicted octanol–water partition coefficient (Wildman–Crippen LogP) is 3.64. The van der Waals surface area contributed by atoms with Crippen LogP contribution in [0.3, 0.4) is 0 Å². The highest BCUT2D eigenvalue weighted by atomic mass is 16.5. The van der Waals surface area contributed by atoms with Crippen molar-refractivity contribution in [2.45, 2.75) is 46.1 Å². The van der Waals surface area contributed by atoms with Gasteiger partial charge in [0.05, 0.1) is 7.11 Å². The molecular formula is C18H25NO2. The smallest absolute Gasteiger partial charge is 0.251 e. The van der Waals surface area contributed by atoms with Crippen molar-refractivity contribution in [2.24, 2.45) is 16.7 Å². The molecule has 0 unspecified atom stereocenters. The van der Waals surface area contributed by atoms with E-state index in [4.69, 9.17) is 4.74 Å². The molecule has 0 radical (unpaired) electrons. The SMILES string of the molecule is COc1ccc(C(=O)N[C@H]2C[C@@H]3CC[C@]2(C)C3(C)C)cc1. The van der Waals surface area contributed by atoms with Gasteiger partial charge in [-0.25, -0.2) is 0 Å². The van der Waals surface area contributed by atoms with E-state index in [0.717, 1.165) is 18.1 Å². The van der Waals surface area contributed by atoms with Crippen LogP contribution in [0, 0.1) is 16.7 Å². The molecule has 0 spiro atoms. The summed E-state index contributed by atoms with van der Waals surface area (Å²) >= 11 is 0. The maximum Gasteiger partial charge on any atom is 0.251 e. The zero-order valence-electron chi connectivity index (χ0n) is 13.4. The zero-order valence-corrected chi connectivity index (χ0v) is 13.4. The molecule has 21 heavy (non-hydrogen) atoms. The first-order chi connectivity index (χ1) is 9.88. The van der Waals surface area contributed by atoms with Crippen LogP contribution in [0.1, 0.15) is 50.4 Å². The molecule has 0 saturated heterocycles. The average Bonchev–Trinajstić information content (AvgIpc) is 2.80. The van der Waals surface area contributed by atoms with Crippen molar-refractivity contribution in [3.63, 3.8) is 0 Å². The van der Waals surface area contributed by atoms with Crippen LogP contribution in [0.5, 0.6) is 5.75 Å². The van der Waals surface area contributed by atoms with Crippen LogP contribution in [0.25, 0.3) is 0 Å². The third kappa shape index (κ3) is 2.05. The lowest BCUT2D eigenvalue weighted by molar-refractivity contribution is 0.0826. The van der Waals surface area contributed by atoms with Crippen LogP contribution in [0.2, 0.25) is 0 Å². The number of benzene rings is 1. The number of rotatable bonds is 3. The fourth-order valence-corrected chi connectivity index (χ4v) is 4.41. The van der Waals surface area contributed by atoms with Gasteiger partial charge >= 0.3 is 0 Å². The predicted molar refractivity (Wildman–Crippen MR) is 83.5 cm³/mol. The molecule has 2 aliphatic carbocycles. The maximum absolute atomic E-state index is 12.5. The number of hydrogen-bond acceptors (Lipinski definition) is 2. The van der Waals surface area contributed by atoms with E-state index in [0.29, 0.717) is 17.0 Å². The first-order valence-corrected chi connectivity index (χ1v) is 7.83. The lowest BCUT2D eigenvalue weighted by Gasteiger charge is -2.39. The third-order valence-electron chi connectivity index (χ3n) is 6.45. The number of carbonyl (C=O) groups excluding carboxylic acids is 1. The molecule has 1 aromatic rings. The average molecular weight is 287 g/mol. The molecule has 3 nitrogen and oxygen atoms in total. The molecule has 0 heterocycles. The Morgan fingerprint density at radius 1 is 1.24 bits per heavy atom. The monoisotopic (exact) mass is 287 g/mol. The fraction of sp³-hybridized carbons (Fsp3) is 0.611. The molecule has 1 amide bonds. The summed E-state index contributed by atoms with van der Waals surface area (Å²) in [5, 5.41) is 3.28. The lowest BCUT2D eigenvalue weighted by Crippen LogP contribution is -2.46. The molecule has 1 aromatic carbocycles. The molecule has 114 valence electrons. The minimum atomic E-state index is 0.0345. The Morgan fingerprint density at radius 2 is 1.90 bits per heavy atom. The van der Waals surface area contributed by atoms with E-state index in [1.165, 1.54) is 12.8 Å². The van der Waals surface area contributed by atoms with Crippen LogP contribution in [0.15, 0.2) is 24.3 Å². The minimum Gasteiger partial charge on any atom is -0.497 e. The quantitative estimate of drug-likeness (QED) is 0.921. The van der Waals surface area contributed by atoms with Crippen molar-refractivity contribution in [3.8, 4) is 5.75 Å². The number of fused-ring (bicyclic) bond motifs is 2. The van der Waals surface area contributed by atoms with E-state index in [1.807, 2.05) is 24.3 Å². The summed E-state index contributed by atoms with van der Waals surface area (Å²) in [5.41, 5.74) is 1.25. The summed E-state index contributed by atoms with van der Waals surface area (Å²) in [6.45, 7) is 7.08. The van der Waals surface area contributed by atoms with Gasteiger partial charge in [0.25, 0.3) is 5.91 Å². The number of nitrogens with one attached hydrogen (secondary N) is 1. The van der Waals surface area contributed by atoms with Crippen molar-refractivity contribution in [1.82, 2.24) is 5.32 Å². The number of ether oxygens (including phenoxy) is 1. The Morgan fingerprint density at radius 3 is 2.38 bits per heavy atom. The van der Waals surface area contributed by atoms with Crippen LogP contribution >= 0.6 is 0 Å². The van der Waals surface area contributed by atoms with E-state index in [1.54, 1.807) is 7.11 Å². The second kappa shape index (κ2) is 4.75. The highest BCUT2D eigenvalue weighted by molar-refractivity contribution is 5.94. The zero-order chi connectivity index (χ0) is 15.3. The van der Waals surface area contributed by atoms with Gasteiger partial charge in [-0.15, -0.1) is 0 Å². The Kier molecular flexibility index (Phi) is 3.27. The van der Waals surface area contributed by atoms with E-state index in [9.17, 15) is 4.79 Å². The summed E-state index contributed by atoms with van der Waals surface area (Å²) < 4.78 is 5.13. The third-order valence-corrected chi connectivity index (χ3v) is 6.45. The molecule has 3 rings (SSSR count). The number of hydrogen-bond donors (Lipinski definition) is 1. The van der Waals surface area contributed by atoms with Gasteiger partial charge in [0, 0.05) is 11.6 Å². The van der Waals surface area contributed by atoms with E-state index < -0.39 is 0 Å². The topological polar surface area (TPSA) is 38.3 Å². The normalized spacial score (nSPS) is 33.0. The van der Waals surface area contributed by atoms with Gasteiger partial charge in [-0.05, 0) is 60.3 Å². The van der Waals surface area contributed by atoms with Gasteiger partial charge in [-0.1, -0.05) is 20.8 Å². The molecule has 1 N–H and O–H groups in total. The molecule has 2 saturated carbocycles. The largest absolute Gasteiger partial charge is 0.497 e. The van der Waals surface area contributed by atoms with E-state index in [-0.39, 0.29) is 11.3 Å². The molecule has 0 aromatic heterocycles. The first kappa shape index (κ1) is 14.4. The summed E-state index contributed by atoms with van der Waals surface area (Å²) in [4.78, 5) is 12.5. The number of methoxy groups -OCH3 is 1. The highest BCUT2D eigenvalue weighted by Gasteiger charge is 2.61. The summed E-state index contributed by atoms with van der Waals surface area (Å²) in [7, 11) is 1.63. The summed E-state index contributed by atoms with van der Waals surface area (Å²) in [6, 6.07) is 7.62. The van der Waals surface area contributed by atoms with Gasteiger partial charge in [-0.2, -0.15) is 0 Å². The molecule has 3 atom stereocenters. The van der Waals surface area contributed by atoms with Crippen molar-refractivity contribution in [1.29, 1.82) is 0 Å². The van der Waals surface area contributed by atoms with Gasteiger partial charge in [0.2, 0.25) is 0 Å². The minimum absolute atomic E-state index is 0.0345.